The summed E-state index contributed by atoms with van der Waals surface area (Å²) in [6, 6.07) is 12.0. The van der Waals surface area contributed by atoms with Crippen LogP contribution in [0.2, 0.25) is 0 Å². The molecular formula is C26H35N3O4S2. The van der Waals surface area contributed by atoms with Crippen LogP contribution >= 0.6 is 11.3 Å². The SMILES string of the molecule is CCCCN(CCCC)S(=O)(=O)c1ccc(C(=O)N=c2sc3cc(OCC)ccc3n2CC)cc1. The van der Waals surface area contributed by atoms with E-state index in [4.69, 9.17) is 4.74 Å². The number of unbranched alkanes of at least 4 members (excludes halogenated alkanes) is 2. The highest BCUT2D eigenvalue weighted by Gasteiger charge is 2.23. The van der Waals surface area contributed by atoms with Crippen LogP contribution in [0.15, 0.2) is 52.4 Å². The molecule has 0 aliphatic rings. The lowest BCUT2D eigenvalue weighted by molar-refractivity contribution is 0.0997. The zero-order valence-electron chi connectivity index (χ0n) is 21.0. The molecule has 0 spiro atoms. The fourth-order valence-electron chi connectivity index (χ4n) is 3.79. The van der Waals surface area contributed by atoms with Crippen molar-refractivity contribution in [2.45, 2.75) is 64.8 Å². The van der Waals surface area contributed by atoms with E-state index in [2.05, 4.69) is 4.99 Å². The van der Waals surface area contributed by atoms with Crippen LogP contribution in [0.3, 0.4) is 0 Å². The molecule has 0 saturated carbocycles. The smallest absolute Gasteiger partial charge is 0.279 e. The van der Waals surface area contributed by atoms with Gasteiger partial charge in [-0.15, -0.1) is 0 Å². The predicted molar refractivity (Wildman–Crippen MR) is 142 cm³/mol. The molecule has 2 aromatic carbocycles. The second-order valence-electron chi connectivity index (χ2n) is 8.24. The van der Waals surface area contributed by atoms with Gasteiger partial charge in [-0.1, -0.05) is 38.0 Å². The first kappa shape index (κ1) is 27.1. The summed E-state index contributed by atoms with van der Waals surface area (Å²) in [4.78, 5) is 18.1. The van der Waals surface area contributed by atoms with E-state index in [-0.39, 0.29) is 4.90 Å². The molecule has 0 fully saturated rings. The molecule has 0 saturated heterocycles. The van der Waals surface area contributed by atoms with Gasteiger partial charge in [0.05, 0.1) is 21.7 Å². The van der Waals surface area contributed by atoms with Gasteiger partial charge in [0.2, 0.25) is 10.0 Å². The van der Waals surface area contributed by atoms with Crippen molar-refractivity contribution in [3.05, 3.63) is 52.8 Å². The third-order valence-electron chi connectivity index (χ3n) is 5.74. The molecule has 0 aliphatic carbocycles. The van der Waals surface area contributed by atoms with E-state index in [0.29, 0.717) is 36.6 Å². The molecule has 1 amide bonds. The quantitative estimate of drug-likeness (QED) is 0.320. The van der Waals surface area contributed by atoms with Gasteiger partial charge in [0, 0.05) is 25.2 Å². The Hall–Kier alpha value is -2.49. The van der Waals surface area contributed by atoms with Gasteiger partial charge in [0.1, 0.15) is 5.75 Å². The summed E-state index contributed by atoms with van der Waals surface area (Å²) in [6.07, 6.45) is 3.49. The largest absolute Gasteiger partial charge is 0.494 e. The lowest BCUT2D eigenvalue weighted by atomic mass is 10.2. The van der Waals surface area contributed by atoms with Gasteiger partial charge in [-0.25, -0.2) is 8.42 Å². The number of hydrogen-bond acceptors (Lipinski definition) is 5. The van der Waals surface area contributed by atoms with Crippen molar-refractivity contribution < 1.29 is 17.9 Å². The maximum Gasteiger partial charge on any atom is 0.279 e. The summed E-state index contributed by atoms with van der Waals surface area (Å²) in [7, 11) is -3.61. The Labute approximate surface area is 212 Å². The number of fused-ring (bicyclic) bond motifs is 1. The zero-order valence-corrected chi connectivity index (χ0v) is 22.6. The van der Waals surface area contributed by atoms with Gasteiger partial charge < -0.3 is 9.30 Å². The maximum absolute atomic E-state index is 13.2. The molecule has 0 aliphatic heterocycles. The summed E-state index contributed by atoms with van der Waals surface area (Å²) in [6.45, 7) is 10.3. The number of rotatable bonds is 12. The van der Waals surface area contributed by atoms with Crippen molar-refractivity contribution in [1.29, 1.82) is 0 Å². The Kier molecular flexibility index (Phi) is 9.65. The van der Waals surface area contributed by atoms with E-state index >= 15 is 0 Å². The molecule has 3 aromatic rings. The molecule has 7 nitrogen and oxygen atoms in total. The topological polar surface area (TPSA) is 81.0 Å². The Morgan fingerprint density at radius 2 is 1.66 bits per heavy atom. The molecule has 1 heterocycles. The summed E-state index contributed by atoms with van der Waals surface area (Å²) in [5, 5.41) is 0. The number of hydrogen-bond donors (Lipinski definition) is 0. The number of benzene rings is 2. The van der Waals surface area contributed by atoms with Crippen LogP contribution in [0.5, 0.6) is 5.75 Å². The van der Waals surface area contributed by atoms with Crippen molar-refractivity contribution in [2.75, 3.05) is 19.7 Å². The van der Waals surface area contributed by atoms with Crippen LogP contribution in [0.1, 0.15) is 63.7 Å². The van der Waals surface area contributed by atoms with Crippen LogP contribution in [0, 0.1) is 0 Å². The number of nitrogens with zero attached hydrogens (tertiary/aromatic N) is 3. The van der Waals surface area contributed by atoms with E-state index in [1.165, 1.54) is 23.5 Å². The predicted octanol–water partition coefficient (Wildman–Crippen LogP) is 5.45. The zero-order chi connectivity index (χ0) is 25.4. The van der Waals surface area contributed by atoms with E-state index in [1.807, 2.05) is 50.5 Å². The first-order valence-electron chi connectivity index (χ1n) is 12.3. The summed E-state index contributed by atoms with van der Waals surface area (Å²) < 4.78 is 36.5. The number of aromatic nitrogens is 1. The molecule has 0 radical (unpaired) electrons. The molecule has 0 bridgehead atoms. The van der Waals surface area contributed by atoms with Crippen LogP contribution in [-0.2, 0) is 16.6 Å². The monoisotopic (exact) mass is 517 g/mol. The Morgan fingerprint density at radius 1 is 1.00 bits per heavy atom. The highest BCUT2D eigenvalue weighted by molar-refractivity contribution is 7.89. The average Bonchev–Trinajstić information content (AvgIpc) is 3.20. The molecule has 190 valence electrons. The second kappa shape index (κ2) is 12.5. The third-order valence-corrected chi connectivity index (χ3v) is 8.69. The summed E-state index contributed by atoms with van der Waals surface area (Å²) in [5.41, 5.74) is 1.35. The van der Waals surface area contributed by atoms with E-state index in [9.17, 15) is 13.2 Å². The molecule has 1 aromatic heterocycles. The highest BCUT2D eigenvalue weighted by atomic mass is 32.2. The van der Waals surface area contributed by atoms with E-state index in [1.54, 1.807) is 16.4 Å². The van der Waals surface area contributed by atoms with Gasteiger partial charge in [-0.2, -0.15) is 9.30 Å². The van der Waals surface area contributed by atoms with Crippen molar-refractivity contribution in [3.63, 3.8) is 0 Å². The normalized spacial score (nSPS) is 12.5. The van der Waals surface area contributed by atoms with E-state index < -0.39 is 15.9 Å². The number of carbonyl (C=O) groups excluding carboxylic acids is 1. The van der Waals surface area contributed by atoms with Crippen LogP contribution in [-0.4, -0.2) is 42.9 Å². The van der Waals surface area contributed by atoms with Crippen LogP contribution < -0.4 is 9.54 Å². The molecular weight excluding hydrogens is 482 g/mol. The van der Waals surface area contributed by atoms with Gasteiger partial charge in [-0.3, -0.25) is 4.79 Å². The van der Waals surface area contributed by atoms with Gasteiger partial charge in [0.15, 0.2) is 4.80 Å². The Bertz CT molecular complexity index is 1300. The Morgan fingerprint density at radius 3 is 2.23 bits per heavy atom. The van der Waals surface area contributed by atoms with Gasteiger partial charge in [0.25, 0.3) is 5.91 Å². The number of thiazole rings is 1. The molecule has 0 N–H and O–H groups in total. The number of ether oxygens (including phenoxy) is 1. The fourth-order valence-corrected chi connectivity index (χ4v) is 6.43. The minimum Gasteiger partial charge on any atom is -0.494 e. The average molecular weight is 518 g/mol. The summed E-state index contributed by atoms with van der Waals surface area (Å²) >= 11 is 1.43. The second-order valence-corrected chi connectivity index (χ2v) is 11.2. The first-order valence-corrected chi connectivity index (χ1v) is 14.6. The lowest BCUT2D eigenvalue weighted by Crippen LogP contribution is -2.33. The maximum atomic E-state index is 13.2. The van der Waals surface area contributed by atoms with Crippen molar-refractivity contribution in [1.82, 2.24) is 8.87 Å². The molecule has 3 rings (SSSR count). The number of amides is 1. The number of sulfonamides is 1. The van der Waals surface area contributed by atoms with Crippen LogP contribution in [0.4, 0.5) is 0 Å². The van der Waals surface area contributed by atoms with Gasteiger partial charge in [-0.05, 0) is 69.2 Å². The Balaban J connectivity index is 1.89. The fraction of sp³-hybridized carbons (Fsp3) is 0.462. The number of aryl methyl sites for hydroxylation is 1. The van der Waals surface area contributed by atoms with Crippen molar-refractivity contribution in [3.8, 4) is 5.75 Å². The van der Waals surface area contributed by atoms with Gasteiger partial charge >= 0.3 is 0 Å². The standard InChI is InChI=1S/C26H35N3O4S2/c1-5-9-17-28(18-10-6-2)35(31,32)22-14-11-20(12-15-22)25(30)27-26-29(7-3)23-16-13-21(33-8-4)19-24(23)34-26/h11-16,19H,5-10,17-18H2,1-4H3. The van der Waals surface area contributed by atoms with Crippen molar-refractivity contribution >= 4 is 37.5 Å². The lowest BCUT2D eigenvalue weighted by Gasteiger charge is -2.22. The minimum absolute atomic E-state index is 0.204. The molecule has 35 heavy (non-hydrogen) atoms. The van der Waals surface area contributed by atoms with Crippen molar-refractivity contribution in [2.24, 2.45) is 4.99 Å². The minimum atomic E-state index is -3.61. The molecule has 0 unspecified atom stereocenters. The molecule has 0 atom stereocenters. The summed E-state index contributed by atoms with van der Waals surface area (Å²) in [5.74, 6) is 0.382. The van der Waals surface area contributed by atoms with Crippen LogP contribution in [0.25, 0.3) is 10.2 Å². The molecule has 9 heteroatoms. The van der Waals surface area contributed by atoms with E-state index in [0.717, 1.165) is 41.6 Å². The third kappa shape index (κ3) is 6.39. The highest BCUT2D eigenvalue weighted by Crippen LogP contribution is 2.24. The first-order chi connectivity index (χ1) is 16.8. The number of carbonyl (C=O) groups is 1.